The van der Waals surface area contributed by atoms with Gasteiger partial charge in [-0.2, -0.15) is 0 Å². The average Bonchev–Trinajstić information content (AvgIpc) is 2.94. The summed E-state index contributed by atoms with van der Waals surface area (Å²) in [5.41, 5.74) is 2.72. The Morgan fingerprint density at radius 2 is 1.41 bits per heavy atom. The molecule has 6 nitrogen and oxygen atoms in total. The maximum absolute atomic E-state index is 13.5. The van der Waals surface area contributed by atoms with Crippen LogP contribution >= 0.6 is 23.5 Å². The number of hydrogen-bond donors (Lipinski definition) is 1. The van der Waals surface area contributed by atoms with Gasteiger partial charge < -0.3 is 14.8 Å². The number of fused-ring (bicyclic) bond motifs is 2. The minimum atomic E-state index is -0.341. The molecule has 5 rings (SSSR count). The first kappa shape index (κ1) is 24.8. The molecular weight excluding hydrogens is 504 g/mol. The first-order valence-corrected chi connectivity index (χ1v) is 13.3. The van der Waals surface area contributed by atoms with Crippen LogP contribution in [0, 0.1) is 0 Å². The van der Waals surface area contributed by atoms with Crippen LogP contribution in [0.1, 0.15) is 10.4 Å². The van der Waals surface area contributed by atoms with Crippen LogP contribution in [0.4, 0.5) is 17.1 Å². The Labute approximate surface area is 224 Å². The zero-order valence-electron chi connectivity index (χ0n) is 20.3. The molecule has 0 aromatic heterocycles. The molecule has 1 heterocycles. The smallest absolute Gasteiger partial charge is 0.263 e. The molecule has 4 aromatic carbocycles. The summed E-state index contributed by atoms with van der Waals surface area (Å²) in [5.74, 6) is 0.733. The molecular formula is C29H24N2O4S2. The van der Waals surface area contributed by atoms with Crippen molar-refractivity contribution in [2.45, 2.75) is 14.7 Å². The van der Waals surface area contributed by atoms with Crippen LogP contribution < -0.4 is 19.7 Å². The van der Waals surface area contributed by atoms with Crippen molar-refractivity contribution in [2.24, 2.45) is 0 Å². The summed E-state index contributed by atoms with van der Waals surface area (Å²) in [5, 5.41) is 2.91. The highest BCUT2D eigenvalue weighted by Gasteiger charge is 2.27. The van der Waals surface area contributed by atoms with Crippen LogP contribution in [0.25, 0.3) is 0 Å². The first-order chi connectivity index (χ1) is 18.1. The van der Waals surface area contributed by atoms with Crippen LogP contribution in [-0.2, 0) is 4.79 Å². The number of nitrogens with zero attached hydrogens (tertiary/aromatic N) is 1. The Bertz CT molecular complexity index is 1410. The van der Waals surface area contributed by atoms with Crippen molar-refractivity contribution in [3.05, 3.63) is 96.6 Å². The fourth-order valence-corrected chi connectivity index (χ4v) is 5.98. The fraction of sp³-hybridized carbons (Fsp3) is 0.103. The van der Waals surface area contributed by atoms with E-state index in [4.69, 9.17) is 9.47 Å². The third kappa shape index (κ3) is 5.16. The number of nitrogens with one attached hydrogen (secondary N) is 1. The highest BCUT2D eigenvalue weighted by atomic mass is 32.2. The second kappa shape index (κ2) is 11.0. The number of carbonyl (C=O) groups excluding carboxylic acids is 2. The highest BCUT2D eigenvalue weighted by Crippen LogP contribution is 2.48. The highest BCUT2D eigenvalue weighted by molar-refractivity contribution is 8.00. The maximum Gasteiger partial charge on any atom is 0.263 e. The molecule has 0 saturated carbocycles. The summed E-state index contributed by atoms with van der Waals surface area (Å²) in [6.07, 6.45) is 0. The number of amides is 2. The van der Waals surface area contributed by atoms with Crippen LogP contribution in [-0.4, -0.2) is 31.8 Å². The number of carbonyl (C=O) groups is 2. The van der Waals surface area contributed by atoms with Gasteiger partial charge in [0, 0.05) is 20.4 Å². The number of rotatable bonds is 7. The molecule has 1 N–H and O–H groups in total. The molecule has 0 saturated heterocycles. The summed E-state index contributed by atoms with van der Waals surface area (Å²) in [6, 6.07) is 28.5. The van der Waals surface area contributed by atoms with Crippen LogP contribution in [0.2, 0.25) is 0 Å². The predicted molar refractivity (Wildman–Crippen MR) is 149 cm³/mol. The zero-order chi connectivity index (χ0) is 25.8. The van der Waals surface area contributed by atoms with E-state index in [0.717, 1.165) is 26.1 Å². The van der Waals surface area contributed by atoms with E-state index < -0.39 is 0 Å². The Morgan fingerprint density at radius 3 is 2.03 bits per heavy atom. The Morgan fingerprint density at radius 1 is 0.811 bits per heavy atom. The van der Waals surface area contributed by atoms with Gasteiger partial charge in [-0.3, -0.25) is 14.5 Å². The molecule has 37 heavy (non-hydrogen) atoms. The van der Waals surface area contributed by atoms with E-state index in [1.54, 1.807) is 40.9 Å². The molecule has 0 fully saturated rings. The second-order valence-corrected chi connectivity index (χ2v) is 10.2. The third-order valence-corrected chi connectivity index (χ3v) is 7.90. The van der Waals surface area contributed by atoms with E-state index in [1.807, 2.05) is 66.7 Å². The molecule has 0 radical (unpaired) electrons. The lowest BCUT2D eigenvalue weighted by atomic mass is 10.1. The molecule has 4 aromatic rings. The number of hydrogen-bond acceptors (Lipinski definition) is 6. The molecule has 0 unspecified atom stereocenters. The van der Waals surface area contributed by atoms with E-state index in [9.17, 15) is 9.59 Å². The van der Waals surface area contributed by atoms with Crippen LogP contribution in [0.5, 0.6) is 11.5 Å². The van der Waals surface area contributed by atoms with Crippen LogP contribution in [0.15, 0.2) is 106 Å². The topological polar surface area (TPSA) is 67.9 Å². The molecule has 0 bridgehead atoms. The van der Waals surface area contributed by atoms with Crippen molar-refractivity contribution in [1.82, 2.24) is 0 Å². The van der Waals surface area contributed by atoms with Crippen molar-refractivity contribution >= 4 is 52.4 Å². The molecule has 0 aliphatic carbocycles. The number of para-hydroxylation sites is 2. The molecule has 2 amide bonds. The van der Waals surface area contributed by atoms with E-state index in [-0.39, 0.29) is 17.6 Å². The number of ether oxygens (including phenoxy) is 2. The average molecular weight is 529 g/mol. The standard InChI is InChI=1S/C29H24N2O4S2/c1-34-23-13-8-14-24(35-2)28(23)29(33)30-19-9-7-10-20(17-19)36-18-27(32)31-21-11-3-5-15-25(21)37-26-16-6-4-12-22(26)31/h3-17H,18H2,1-2H3,(H,30,33). The minimum Gasteiger partial charge on any atom is -0.496 e. The van der Waals surface area contributed by atoms with Gasteiger partial charge in [0.25, 0.3) is 5.91 Å². The van der Waals surface area contributed by atoms with Crippen molar-refractivity contribution in [3.8, 4) is 11.5 Å². The lowest BCUT2D eigenvalue weighted by Gasteiger charge is -2.31. The fourth-order valence-electron chi connectivity index (χ4n) is 4.12. The molecule has 0 atom stereocenters. The lowest BCUT2D eigenvalue weighted by molar-refractivity contribution is -0.115. The Hall–Kier alpha value is -3.88. The van der Waals surface area contributed by atoms with Gasteiger partial charge in [-0.25, -0.2) is 0 Å². The minimum absolute atomic E-state index is 0.0154. The van der Waals surface area contributed by atoms with Gasteiger partial charge in [0.15, 0.2) is 0 Å². The van der Waals surface area contributed by atoms with Gasteiger partial charge in [0.1, 0.15) is 17.1 Å². The van der Waals surface area contributed by atoms with Gasteiger partial charge in [0.05, 0.1) is 31.3 Å². The monoisotopic (exact) mass is 528 g/mol. The normalized spacial score (nSPS) is 11.8. The van der Waals surface area contributed by atoms with E-state index in [0.29, 0.717) is 22.7 Å². The summed E-state index contributed by atoms with van der Waals surface area (Å²) in [7, 11) is 3.02. The predicted octanol–water partition coefficient (Wildman–Crippen LogP) is 6.88. The Balaban J connectivity index is 1.32. The molecule has 1 aliphatic heterocycles. The Kier molecular flexibility index (Phi) is 7.39. The van der Waals surface area contributed by atoms with Crippen LogP contribution in [0.3, 0.4) is 0 Å². The van der Waals surface area contributed by atoms with Gasteiger partial charge in [-0.05, 0) is 54.6 Å². The summed E-state index contributed by atoms with van der Waals surface area (Å²) in [6.45, 7) is 0. The number of anilines is 3. The molecule has 186 valence electrons. The van der Waals surface area contributed by atoms with Gasteiger partial charge in [-0.15, -0.1) is 11.8 Å². The number of methoxy groups -OCH3 is 2. The third-order valence-electron chi connectivity index (χ3n) is 5.79. The molecule has 1 aliphatic rings. The summed E-state index contributed by atoms with van der Waals surface area (Å²) < 4.78 is 10.7. The largest absolute Gasteiger partial charge is 0.496 e. The van der Waals surface area contributed by atoms with Crippen molar-refractivity contribution in [1.29, 1.82) is 0 Å². The summed E-state index contributed by atoms with van der Waals surface area (Å²) in [4.78, 5) is 31.3. The van der Waals surface area contributed by atoms with Gasteiger partial charge in [-0.1, -0.05) is 48.2 Å². The van der Waals surface area contributed by atoms with E-state index >= 15 is 0 Å². The SMILES string of the molecule is COc1cccc(OC)c1C(=O)Nc1cccc(SCC(=O)N2c3ccccc3Sc3ccccc32)c1. The van der Waals surface area contributed by atoms with Gasteiger partial charge >= 0.3 is 0 Å². The van der Waals surface area contributed by atoms with E-state index in [2.05, 4.69) is 5.32 Å². The van der Waals surface area contributed by atoms with Crippen molar-refractivity contribution < 1.29 is 19.1 Å². The number of thioether (sulfide) groups is 1. The second-order valence-electron chi connectivity index (χ2n) is 8.07. The van der Waals surface area contributed by atoms with Gasteiger partial charge in [0.2, 0.25) is 5.91 Å². The maximum atomic E-state index is 13.5. The quantitative estimate of drug-likeness (QED) is 0.264. The zero-order valence-corrected chi connectivity index (χ0v) is 21.9. The van der Waals surface area contributed by atoms with E-state index in [1.165, 1.54) is 26.0 Å². The molecule has 0 spiro atoms. The number of benzene rings is 4. The van der Waals surface area contributed by atoms with Crippen molar-refractivity contribution in [3.63, 3.8) is 0 Å². The lowest BCUT2D eigenvalue weighted by Crippen LogP contribution is -2.29. The molecule has 8 heteroatoms. The first-order valence-electron chi connectivity index (χ1n) is 11.5. The summed E-state index contributed by atoms with van der Waals surface area (Å²) >= 11 is 3.10. The van der Waals surface area contributed by atoms with Crippen molar-refractivity contribution in [2.75, 3.05) is 30.2 Å².